The number of likely N-dealkylation sites (tertiary alicyclic amines) is 1. The van der Waals surface area contributed by atoms with E-state index in [9.17, 15) is 4.79 Å². The van der Waals surface area contributed by atoms with Crippen LogP contribution in [0.2, 0.25) is 0 Å². The summed E-state index contributed by atoms with van der Waals surface area (Å²) in [5.74, 6) is 0.646. The fourth-order valence-corrected chi connectivity index (χ4v) is 4.23. The topological polar surface area (TPSA) is 54.3 Å². The first-order valence-electron chi connectivity index (χ1n) is 8.31. The molecule has 1 atom stereocenters. The van der Waals surface area contributed by atoms with Crippen LogP contribution in [0.15, 0.2) is 11.7 Å². The summed E-state index contributed by atoms with van der Waals surface area (Å²) in [5.41, 5.74) is 4.57. The number of nitrogens with zero attached hydrogens (tertiary/aromatic N) is 5. The molecular formula is C17H25N5OS. The van der Waals surface area contributed by atoms with Gasteiger partial charge in [-0.2, -0.15) is 5.10 Å². The summed E-state index contributed by atoms with van der Waals surface area (Å²) >= 11 is 1.72. The van der Waals surface area contributed by atoms with E-state index in [-0.39, 0.29) is 5.91 Å². The van der Waals surface area contributed by atoms with Crippen molar-refractivity contribution in [1.82, 2.24) is 24.6 Å². The molecule has 130 valence electrons. The molecule has 0 aliphatic carbocycles. The van der Waals surface area contributed by atoms with E-state index in [4.69, 9.17) is 0 Å². The molecule has 24 heavy (non-hydrogen) atoms. The summed E-state index contributed by atoms with van der Waals surface area (Å²) in [6.07, 6.45) is 2.89. The minimum absolute atomic E-state index is 0.115. The molecule has 0 aromatic carbocycles. The lowest BCUT2D eigenvalue weighted by Gasteiger charge is -2.21. The number of amides is 1. The third-order valence-corrected chi connectivity index (χ3v) is 5.57. The van der Waals surface area contributed by atoms with Crippen LogP contribution in [0.4, 0.5) is 0 Å². The van der Waals surface area contributed by atoms with E-state index in [1.807, 2.05) is 30.6 Å². The van der Waals surface area contributed by atoms with Gasteiger partial charge in [-0.05, 0) is 33.2 Å². The van der Waals surface area contributed by atoms with Gasteiger partial charge in [-0.15, -0.1) is 11.3 Å². The highest BCUT2D eigenvalue weighted by molar-refractivity contribution is 7.09. The first kappa shape index (κ1) is 17.1. The van der Waals surface area contributed by atoms with Crippen LogP contribution in [0.3, 0.4) is 0 Å². The molecule has 3 heterocycles. The zero-order chi connectivity index (χ0) is 17.3. The van der Waals surface area contributed by atoms with E-state index >= 15 is 0 Å². The lowest BCUT2D eigenvalue weighted by molar-refractivity contribution is 0.0783. The highest BCUT2D eigenvalue weighted by atomic mass is 32.1. The smallest absolute Gasteiger partial charge is 0.257 e. The molecule has 1 aliphatic heterocycles. The molecule has 0 spiro atoms. The van der Waals surface area contributed by atoms with Crippen molar-refractivity contribution in [3.05, 3.63) is 33.5 Å². The predicted octanol–water partition coefficient (Wildman–Crippen LogP) is 2.09. The van der Waals surface area contributed by atoms with Crippen LogP contribution in [-0.2, 0) is 13.6 Å². The van der Waals surface area contributed by atoms with E-state index in [0.717, 1.165) is 49.6 Å². The predicted molar refractivity (Wildman–Crippen MR) is 95.1 cm³/mol. The van der Waals surface area contributed by atoms with Gasteiger partial charge < -0.3 is 9.80 Å². The zero-order valence-corrected chi connectivity index (χ0v) is 15.6. The van der Waals surface area contributed by atoms with Crippen LogP contribution in [0.5, 0.6) is 0 Å². The second-order valence-corrected chi connectivity index (χ2v) is 7.70. The summed E-state index contributed by atoms with van der Waals surface area (Å²) in [6.45, 7) is 7.57. The highest BCUT2D eigenvalue weighted by Gasteiger charge is 2.29. The molecule has 2 aromatic heterocycles. The van der Waals surface area contributed by atoms with Gasteiger partial charge in [0.25, 0.3) is 5.91 Å². The molecule has 1 amide bonds. The molecule has 1 aliphatic rings. The lowest BCUT2D eigenvalue weighted by atomic mass is 10.1. The molecule has 6 nitrogen and oxygen atoms in total. The molecule has 1 fully saturated rings. The molecule has 0 radical (unpaired) electrons. The van der Waals surface area contributed by atoms with Gasteiger partial charge in [-0.3, -0.25) is 9.48 Å². The molecule has 0 saturated carbocycles. The Morgan fingerprint density at radius 3 is 2.83 bits per heavy atom. The van der Waals surface area contributed by atoms with Gasteiger partial charge in [0.2, 0.25) is 0 Å². The fraction of sp³-hybridized carbons (Fsp3) is 0.588. The molecule has 3 rings (SSSR count). The van der Waals surface area contributed by atoms with Crippen LogP contribution >= 0.6 is 11.3 Å². The van der Waals surface area contributed by atoms with Crippen molar-refractivity contribution in [1.29, 1.82) is 0 Å². The van der Waals surface area contributed by atoms with Crippen LogP contribution in [0.25, 0.3) is 0 Å². The van der Waals surface area contributed by atoms with Gasteiger partial charge in [-0.25, -0.2) is 4.98 Å². The number of hydrogen-bond acceptors (Lipinski definition) is 5. The first-order chi connectivity index (χ1) is 11.4. The second-order valence-electron chi connectivity index (χ2n) is 6.77. The minimum Gasteiger partial charge on any atom is -0.338 e. The number of hydrogen-bond donors (Lipinski definition) is 0. The molecule has 7 heteroatoms. The molecule has 2 aromatic rings. The lowest BCUT2D eigenvalue weighted by Crippen LogP contribution is -2.31. The number of carbonyl (C=O) groups excluding carboxylic acids is 1. The first-order valence-corrected chi connectivity index (χ1v) is 9.19. The van der Waals surface area contributed by atoms with Crippen molar-refractivity contribution < 1.29 is 4.79 Å². The van der Waals surface area contributed by atoms with E-state index in [0.29, 0.717) is 5.92 Å². The Morgan fingerprint density at radius 2 is 2.21 bits per heavy atom. The van der Waals surface area contributed by atoms with Gasteiger partial charge >= 0.3 is 0 Å². The van der Waals surface area contributed by atoms with Gasteiger partial charge in [-0.1, -0.05) is 0 Å². The van der Waals surface area contributed by atoms with Crippen LogP contribution in [0.1, 0.15) is 33.0 Å². The molecule has 0 N–H and O–H groups in total. The Labute approximate surface area is 147 Å². The van der Waals surface area contributed by atoms with E-state index < -0.39 is 0 Å². The Balaban J connectivity index is 1.54. The van der Waals surface area contributed by atoms with Crippen LogP contribution in [0, 0.1) is 19.8 Å². The summed E-state index contributed by atoms with van der Waals surface area (Å²) in [4.78, 5) is 22.6. The maximum atomic E-state index is 12.7. The Bertz CT molecular complexity index is 722. The van der Waals surface area contributed by atoms with Gasteiger partial charge in [0.15, 0.2) is 0 Å². The summed E-state index contributed by atoms with van der Waals surface area (Å²) in [6, 6.07) is 0. The van der Waals surface area contributed by atoms with Crippen molar-refractivity contribution in [2.24, 2.45) is 13.0 Å². The third-order valence-electron chi connectivity index (χ3n) is 4.65. The maximum Gasteiger partial charge on any atom is 0.257 e. The molecular weight excluding hydrogens is 322 g/mol. The molecule has 1 saturated heterocycles. The van der Waals surface area contributed by atoms with Crippen LogP contribution < -0.4 is 0 Å². The normalized spacial score (nSPS) is 17.9. The number of rotatable bonds is 5. The largest absolute Gasteiger partial charge is 0.338 e. The Kier molecular flexibility index (Phi) is 5.01. The maximum absolute atomic E-state index is 12.7. The standard InChI is InChI=1S/C17H25N5OS/c1-12-15(9-21(4)19-12)17(23)22-6-5-14(8-22)7-20(3)10-16-13(2)18-11-24-16/h9,11,14H,5-8,10H2,1-4H3/t14-/m1/s1. The van der Waals surface area contributed by atoms with Gasteiger partial charge in [0.05, 0.1) is 22.5 Å². The monoisotopic (exact) mass is 347 g/mol. The van der Waals surface area contributed by atoms with Crippen molar-refractivity contribution in [3.63, 3.8) is 0 Å². The van der Waals surface area contributed by atoms with Crippen molar-refractivity contribution >= 4 is 17.2 Å². The number of aromatic nitrogens is 3. The van der Waals surface area contributed by atoms with E-state index in [1.54, 1.807) is 16.0 Å². The molecule has 0 bridgehead atoms. The average molecular weight is 347 g/mol. The number of carbonyl (C=O) groups is 1. The Hall–Kier alpha value is -1.73. The minimum atomic E-state index is 0.115. The van der Waals surface area contributed by atoms with Gasteiger partial charge in [0.1, 0.15) is 0 Å². The summed E-state index contributed by atoms with van der Waals surface area (Å²) in [7, 11) is 4.00. The SMILES string of the molecule is Cc1nn(C)cc1C(=O)N1CC[C@H](CN(C)Cc2scnc2C)C1. The van der Waals surface area contributed by atoms with Crippen LogP contribution in [-0.4, -0.2) is 57.2 Å². The third kappa shape index (κ3) is 3.67. The van der Waals surface area contributed by atoms with Crippen molar-refractivity contribution in [3.8, 4) is 0 Å². The number of thiazole rings is 1. The average Bonchev–Trinajstić information content (AvgIpc) is 3.21. The van der Waals surface area contributed by atoms with Gasteiger partial charge in [0, 0.05) is 44.3 Å². The fourth-order valence-electron chi connectivity index (χ4n) is 3.37. The molecule has 0 unspecified atom stereocenters. The van der Waals surface area contributed by atoms with E-state index in [1.165, 1.54) is 4.88 Å². The van der Waals surface area contributed by atoms with E-state index in [2.05, 4.69) is 29.0 Å². The quantitative estimate of drug-likeness (QED) is 0.831. The number of aryl methyl sites for hydroxylation is 3. The summed E-state index contributed by atoms with van der Waals surface area (Å²) < 4.78 is 1.71. The second kappa shape index (κ2) is 7.03. The Morgan fingerprint density at radius 1 is 1.42 bits per heavy atom. The zero-order valence-electron chi connectivity index (χ0n) is 14.8. The summed E-state index contributed by atoms with van der Waals surface area (Å²) in [5, 5.41) is 4.28. The van der Waals surface area contributed by atoms with Crippen molar-refractivity contribution in [2.75, 3.05) is 26.7 Å². The van der Waals surface area contributed by atoms with Crippen molar-refractivity contribution in [2.45, 2.75) is 26.8 Å². The highest BCUT2D eigenvalue weighted by Crippen LogP contribution is 2.22.